The highest BCUT2D eigenvalue weighted by atomic mass is 16.5. The van der Waals surface area contributed by atoms with Crippen molar-refractivity contribution >= 4 is 28.9 Å². The topological polar surface area (TPSA) is 137 Å². The highest BCUT2D eigenvalue weighted by Crippen LogP contribution is 2.18. The molecule has 0 aliphatic heterocycles. The number of aromatic carboxylic acids is 1. The first-order valence-electron chi connectivity index (χ1n) is 6.87. The lowest BCUT2D eigenvalue weighted by Crippen LogP contribution is -2.17. The molecule has 0 atom stereocenters. The molecule has 0 bridgehead atoms. The molecule has 0 radical (unpaired) electrons. The lowest BCUT2D eigenvalue weighted by molar-refractivity contribution is 0.0695. The van der Waals surface area contributed by atoms with Gasteiger partial charge in [-0.1, -0.05) is 30.3 Å². The van der Waals surface area contributed by atoms with Gasteiger partial charge in [0.2, 0.25) is 0 Å². The molecule has 0 fully saturated rings. The zero-order chi connectivity index (χ0) is 17.1. The highest BCUT2D eigenvalue weighted by molar-refractivity contribution is 5.99. The molecule has 0 aliphatic carbocycles. The third-order valence-corrected chi connectivity index (χ3v) is 3.24. The van der Waals surface area contributed by atoms with Crippen molar-refractivity contribution in [2.75, 3.05) is 5.32 Å². The molecule has 2 heterocycles. The van der Waals surface area contributed by atoms with Crippen molar-refractivity contribution < 1.29 is 19.4 Å². The van der Waals surface area contributed by atoms with Gasteiger partial charge in [0.15, 0.2) is 5.82 Å². The van der Waals surface area contributed by atoms with Gasteiger partial charge in [0.25, 0.3) is 5.56 Å². The summed E-state index contributed by atoms with van der Waals surface area (Å²) in [5, 5.41) is 18.0. The highest BCUT2D eigenvalue weighted by Gasteiger charge is 2.16. The Labute approximate surface area is 134 Å². The maximum Gasteiger partial charge on any atom is 0.413 e. The maximum absolute atomic E-state index is 11.8. The molecule has 0 spiro atoms. The van der Waals surface area contributed by atoms with Crippen molar-refractivity contribution in [1.82, 2.24) is 15.2 Å². The second-order valence-corrected chi connectivity index (χ2v) is 4.86. The van der Waals surface area contributed by atoms with Crippen LogP contribution in [0, 0.1) is 0 Å². The van der Waals surface area contributed by atoms with Crippen molar-refractivity contribution in [2.24, 2.45) is 0 Å². The minimum Gasteiger partial charge on any atom is -0.477 e. The predicted molar refractivity (Wildman–Crippen MR) is 83.9 cm³/mol. The number of aromatic amines is 2. The number of fused-ring (bicyclic) bond motifs is 1. The van der Waals surface area contributed by atoms with Gasteiger partial charge in [0.1, 0.15) is 17.8 Å². The Kier molecular flexibility index (Phi) is 3.98. The number of amides is 1. The predicted octanol–water partition coefficient (Wildman–Crippen LogP) is 1.70. The van der Waals surface area contributed by atoms with E-state index >= 15 is 0 Å². The number of pyridine rings is 1. The number of carboxylic acids is 1. The Morgan fingerprint density at radius 2 is 2.00 bits per heavy atom. The van der Waals surface area contributed by atoms with Gasteiger partial charge in [-0.05, 0) is 11.6 Å². The van der Waals surface area contributed by atoms with Crippen LogP contribution in [0.4, 0.5) is 10.6 Å². The molecule has 1 aromatic carbocycles. The third kappa shape index (κ3) is 3.09. The third-order valence-electron chi connectivity index (χ3n) is 3.24. The molecule has 0 aliphatic rings. The van der Waals surface area contributed by atoms with Crippen LogP contribution >= 0.6 is 0 Å². The van der Waals surface area contributed by atoms with E-state index in [9.17, 15) is 14.4 Å². The van der Waals surface area contributed by atoms with Crippen LogP contribution in [0.1, 0.15) is 15.9 Å². The van der Waals surface area contributed by atoms with Crippen LogP contribution in [-0.4, -0.2) is 32.4 Å². The van der Waals surface area contributed by atoms with Crippen LogP contribution in [0.25, 0.3) is 11.0 Å². The summed E-state index contributed by atoms with van der Waals surface area (Å²) in [6.07, 6.45) is -0.754. The number of hydrogen-bond donors (Lipinski definition) is 4. The van der Waals surface area contributed by atoms with E-state index in [-0.39, 0.29) is 23.5 Å². The van der Waals surface area contributed by atoms with E-state index in [1.807, 2.05) is 18.2 Å². The molecule has 4 N–H and O–H groups in total. The molecule has 0 saturated carbocycles. The van der Waals surface area contributed by atoms with Crippen LogP contribution in [0.3, 0.4) is 0 Å². The second-order valence-electron chi connectivity index (χ2n) is 4.86. The van der Waals surface area contributed by atoms with Crippen molar-refractivity contribution in [2.45, 2.75) is 6.61 Å². The van der Waals surface area contributed by atoms with Crippen molar-refractivity contribution in [3.8, 4) is 0 Å². The van der Waals surface area contributed by atoms with Crippen molar-refractivity contribution in [3.63, 3.8) is 0 Å². The molecule has 122 valence electrons. The van der Waals surface area contributed by atoms with Gasteiger partial charge in [-0.25, -0.2) is 9.59 Å². The van der Waals surface area contributed by atoms with E-state index in [1.165, 1.54) is 0 Å². The van der Waals surface area contributed by atoms with Gasteiger partial charge in [0.05, 0.1) is 5.39 Å². The zero-order valence-corrected chi connectivity index (χ0v) is 12.2. The fraction of sp³-hybridized carbons (Fsp3) is 0.0667. The number of hydrogen-bond acceptors (Lipinski definition) is 5. The number of nitrogens with one attached hydrogen (secondary N) is 3. The summed E-state index contributed by atoms with van der Waals surface area (Å²) in [7, 11) is 0. The zero-order valence-electron chi connectivity index (χ0n) is 12.2. The summed E-state index contributed by atoms with van der Waals surface area (Å²) < 4.78 is 5.06. The maximum atomic E-state index is 11.8. The van der Waals surface area contributed by atoms with Gasteiger partial charge in [-0.2, -0.15) is 5.10 Å². The van der Waals surface area contributed by atoms with Gasteiger partial charge in [0, 0.05) is 0 Å². The Bertz CT molecular complexity index is 961. The number of aromatic nitrogens is 3. The van der Waals surface area contributed by atoms with Crippen LogP contribution in [0.15, 0.2) is 41.2 Å². The van der Waals surface area contributed by atoms with Gasteiger partial charge in [-0.15, -0.1) is 0 Å². The Morgan fingerprint density at radius 1 is 1.25 bits per heavy atom. The second kappa shape index (κ2) is 6.24. The first-order valence-corrected chi connectivity index (χ1v) is 6.87. The molecule has 1 amide bonds. The summed E-state index contributed by atoms with van der Waals surface area (Å²) >= 11 is 0. The number of carboxylic acid groups (broad SMARTS) is 1. The summed E-state index contributed by atoms with van der Waals surface area (Å²) in [6, 6.07) is 10.2. The number of anilines is 1. The van der Waals surface area contributed by atoms with E-state index in [0.29, 0.717) is 0 Å². The Morgan fingerprint density at radius 3 is 2.71 bits per heavy atom. The minimum atomic E-state index is -1.38. The molecule has 0 unspecified atom stereocenters. The van der Waals surface area contributed by atoms with Crippen LogP contribution < -0.4 is 10.9 Å². The molecule has 9 heteroatoms. The van der Waals surface area contributed by atoms with Crippen LogP contribution in [0.2, 0.25) is 0 Å². The van der Waals surface area contributed by atoms with Gasteiger partial charge < -0.3 is 14.8 Å². The van der Waals surface area contributed by atoms with Crippen LogP contribution in [0.5, 0.6) is 0 Å². The molecule has 3 rings (SSSR count). The quantitative estimate of drug-likeness (QED) is 0.575. The fourth-order valence-corrected chi connectivity index (χ4v) is 2.09. The Hall–Kier alpha value is -3.62. The first kappa shape index (κ1) is 15.3. The smallest absolute Gasteiger partial charge is 0.413 e. The number of benzene rings is 1. The van der Waals surface area contributed by atoms with Crippen LogP contribution in [-0.2, 0) is 11.3 Å². The summed E-state index contributed by atoms with van der Waals surface area (Å²) in [6.45, 7) is 0.0756. The van der Waals surface area contributed by atoms with E-state index in [2.05, 4.69) is 20.5 Å². The number of H-pyrrole nitrogens is 2. The van der Waals surface area contributed by atoms with E-state index in [0.717, 1.165) is 11.6 Å². The van der Waals surface area contributed by atoms with Gasteiger partial charge >= 0.3 is 12.1 Å². The van der Waals surface area contributed by atoms with Crippen molar-refractivity contribution in [3.05, 3.63) is 57.9 Å². The first-order chi connectivity index (χ1) is 11.5. The van der Waals surface area contributed by atoms with E-state index < -0.39 is 23.2 Å². The largest absolute Gasteiger partial charge is 0.477 e. The molecule has 3 aromatic rings. The fourth-order valence-electron chi connectivity index (χ4n) is 2.09. The molecule has 9 nitrogen and oxygen atoms in total. The number of carbonyl (C=O) groups is 2. The summed E-state index contributed by atoms with van der Waals surface area (Å²) in [4.78, 5) is 36.8. The monoisotopic (exact) mass is 328 g/mol. The molecular formula is C15H12N4O5. The summed E-state index contributed by atoms with van der Waals surface area (Å²) in [5.41, 5.74) is -0.207. The lowest BCUT2D eigenvalue weighted by atomic mass is 10.2. The number of ether oxygens (including phenoxy) is 1. The SMILES string of the molecule is O=C(Nc1n[nH]c2[nH]c(=O)c(C(=O)O)cc12)OCc1ccccc1. The lowest BCUT2D eigenvalue weighted by Gasteiger charge is -2.05. The average Bonchev–Trinajstić information content (AvgIpc) is 2.94. The number of rotatable bonds is 4. The minimum absolute atomic E-state index is 0.0572. The normalized spacial score (nSPS) is 10.5. The van der Waals surface area contributed by atoms with E-state index in [1.54, 1.807) is 12.1 Å². The summed E-state index contributed by atoms with van der Waals surface area (Å²) in [5.74, 6) is -1.32. The molecule has 24 heavy (non-hydrogen) atoms. The molecular weight excluding hydrogens is 316 g/mol. The Balaban J connectivity index is 1.77. The standard InChI is InChI=1S/C15H12N4O5/c20-13-10(14(21)22)6-9-11(16-13)18-19-12(9)17-15(23)24-7-8-4-2-1-3-5-8/h1-6H,7H2,(H,21,22)(H3,16,17,18,19,20,23). The average molecular weight is 328 g/mol. The molecule has 2 aromatic heterocycles. The molecule has 0 saturated heterocycles. The van der Waals surface area contributed by atoms with Crippen molar-refractivity contribution in [1.29, 1.82) is 0 Å². The van der Waals surface area contributed by atoms with Gasteiger partial charge in [-0.3, -0.25) is 15.2 Å². The van der Waals surface area contributed by atoms with E-state index in [4.69, 9.17) is 9.84 Å². The number of nitrogens with zero attached hydrogens (tertiary/aromatic N) is 1. The number of carbonyl (C=O) groups excluding carboxylic acids is 1.